The molecule has 0 radical (unpaired) electrons. The van der Waals surface area contributed by atoms with Crippen molar-refractivity contribution in [3.05, 3.63) is 17.9 Å². The normalized spacial score (nSPS) is 31.1. The highest BCUT2D eigenvalue weighted by Gasteiger charge is 2.36. The van der Waals surface area contributed by atoms with Crippen LogP contribution in [0.3, 0.4) is 0 Å². The van der Waals surface area contributed by atoms with Crippen LogP contribution in [0, 0.1) is 0 Å². The first kappa shape index (κ1) is 12.5. The highest BCUT2D eigenvalue weighted by atomic mass is 16.4. The average Bonchev–Trinajstić information content (AvgIpc) is 2.79. The smallest absolute Gasteiger partial charge is 0.371 e. The second-order valence-electron chi connectivity index (χ2n) is 5.69. The molecule has 5 nitrogen and oxygen atoms in total. The highest BCUT2D eigenvalue weighted by molar-refractivity contribution is 5.84. The van der Waals surface area contributed by atoms with Gasteiger partial charge in [-0.15, -0.1) is 0 Å². The highest BCUT2D eigenvalue weighted by Crippen LogP contribution is 2.34. The third kappa shape index (κ3) is 2.47. The van der Waals surface area contributed by atoms with Crippen molar-refractivity contribution in [3.63, 3.8) is 0 Å². The van der Waals surface area contributed by atoms with Crippen molar-refractivity contribution in [2.24, 2.45) is 0 Å². The molecule has 104 valence electrons. The molecule has 1 aromatic heterocycles. The van der Waals surface area contributed by atoms with Gasteiger partial charge in [-0.25, -0.2) is 4.79 Å². The van der Waals surface area contributed by atoms with Crippen LogP contribution in [0.4, 0.5) is 5.88 Å². The van der Waals surface area contributed by atoms with E-state index in [9.17, 15) is 4.79 Å². The van der Waals surface area contributed by atoms with Crippen LogP contribution in [0.25, 0.3) is 0 Å². The van der Waals surface area contributed by atoms with Gasteiger partial charge in [0.05, 0.1) is 0 Å². The quantitative estimate of drug-likeness (QED) is 0.877. The number of nitrogens with zero attached hydrogens (tertiary/aromatic N) is 1. The summed E-state index contributed by atoms with van der Waals surface area (Å²) < 4.78 is 5.27. The Balaban J connectivity index is 1.65. The van der Waals surface area contributed by atoms with E-state index in [2.05, 4.69) is 17.3 Å². The van der Waals surface area contributed by atoms with E-state index in [-0.39, 0.29) is 5.76 Å². The van der Waals surface area contributed by atoms with Gasteiger partial charge in [-0.1, -0.05) is 6.42 Å². The van der Waals surface area contributed by atoms with Crippen LogP contribution < -0.4 is 5.32 Å². The first-order chi connectivity index (χ1) is 9.13. The van der Waals surface area contributed by atoms with Gasteiger partial charge < -0.3 is 19.7 Å². The Morgan fingerprint density at radius 1 is 1.37 bits per heavy atom. The minimum Gasteiger partial charge on any atom is -0.475 e. The van der Waals surface area contributed by atoms with Gasteiger partial charge in [0.2, 0.25) is 5.76 Å². The molecule has 0 amide bonds. The van der Waals surface area contributed by atoms with Gasteiger partial charge in [0, 0.05) is 24.2 Å². The van der Waals surface area contributed by atoms with E-state index in [1.54, 1.807) is 6.07 Å². The minimum atomic E-state index is -1.02. The fourth-order valence-corrected chi connectivity index (χ4v) is 3.47. The lowest BCUT2D eigenvalue weighted by Crippen LogP contribution is -2.52. The van der Waals surface area contributed by atoms with Gasteiger partial charge in [-0.3, -0.25) is 0 Å². The van der Waals surface area contributed by atoms with Gasteiger partial charge in [-0.05, 0) is 38.8 Å². The maximum absolute atomic E-state index is 10.8. The monoisotopic (exact) mass is 264 g/mol. The predicted octanol–water partition coefficient (Wildman–Crippen LogP) is 2.41. The first-order valence-electron chi connectivity index (χ1n) is 6.95. The van der Waals surface area contributed by atoms with E-state index < -0.39 is 5.97 Å². The van der Waals surface area contributed by atoms with Crippen molar-refractivity contribution in [1.29, 1.82) is 0 Å². The molecule has 19 heavy (non-hydrogen) atoms. The summed E-state index contributed by atoms with van der Waals surface area (Å²) in [5.74, 6) is -0.450. The van der Waals surface area contributed by atoms with E-state index >= 15 is 0 Å². The van der Waals surface area contributed by atoms with E-state index in [0.29, 0.717) is 24.0 Å². The summed E-state index contributed by atoms with van der Waals surface area (Å²) in [5, 5.41) is 12.2. The van der Waals surface area contributed by atoms with Crippen molar-refractivity contribution in [2.45, 2.75) is 50.2 Å². The topological polar surface area (TPSA) is 65.7 Å². The zero-order chi connectivity index (χ0) is 13.4. The Morgan fingerprint density at radius 3 is 2.63 bits per heavy atom. The molecule has 2 bridgehead atoms. The first-order valence-corrected chi connectivity index (χ1v) is 6.95. The lowest BCUT2D eigenvalue weighted by Gasteiger charge is -2.47. The summed E-state index contributed by atoms with van der Waals surface area (Å²) in [4.78, 5) is 13.3. The summed E-state index contributed by atoms with van der Waals surface area (Å²) in [6.45, 7) is 0. The van der Waals surface area contributed by atoms with Gasteiger partial charge in [0.15, 0.2) is 5.88 Å². The van der Waals surface area contributed by atoms with Gasteiger partial charge >= 0.3 is 5.97 Å². The Hall–Kier alpha value is -1.49. The third-order valence-corrected chi connectivity index (χ3v) is 4.50. The van der Waals surface area contributed by atoms with E-state index in [1.807, 2.05) is 0 Å². The molecule has 1 aromatic rings. The number of carboxylic acid groups (broad SMARTS) is 1. The zero-order valence-corrected chi connectivity index (χ0v) is 11.1. The Kier molecular flexibility index (Phi) is 3.22. The lowest BCUT2D eigenvalue weighted by molar-refractivity contribution is 0.0601. The molecule has 2 unspecified atom stereocenters. The van der Waals surface area contributed by atoms with Crippen LogP contribution in [0.5, 0.6) is 0 Å². The number of carbonyl (C=O) groups is 1. The fraction of sp³-hybridized carbons (Fsp3) is 0.643. The number of hydrogen-bond donors (Lipinski definition) is 2. The molecule has 0 saturated carbocycles. The van der Waals surface area contributed by atoms with Crippen molar-refractivity contribution in [3.8, 4) is 0 Å². The molecule has 2 fully saturated rings. The number of aromatic carboxylic acids is 1. The number of anilines is 1. The summed E-state index contributed by atoms with van der Waals surface area (Å²) in [6, 6.07) is 4.90. The van der Waals surface area contributed by atoms with Crippen molar-refractivity contribution >= 4 is 11.9 Å². The second-order valence-corrected chi connectivity index (χ2v) is 5.69. The van der Waals surface area contributed by atoms with Crippen LogP contribution >= 0.6 is 0 Å². The maximum atomic E-state index is 10.8. The lowest BCUT2D eigenvalue weighted by atomic mass is 9.82. The molecule has 0 spiro atoms. The van der Waals surface area contributed by atoms with Crippen LogP contribution in [0.2, 0.25) is 0 Å². The van der Waals surface area contributed by atoms with E-state index in [1.165, 1.54) is 25.3 Å². The van der Waals surface area contributed by atoms with Crippen LogP contribution in [0.15, 0.2) is 16.5 Å². The Labute approximate surface area is 112 Å². The molecule has 2 atom stereocenters. The summed E-state index contributed by atoms with van der Waals surface area (Å²) in [5.41, 5.74) is 0. The number of piperidine rings is 2. The van der Waals surface area contributed by atoms with Crippen LogP contribution in [0.1, 0.15) is 42.7 Å². The number of rotatable bonds is 3. The molecular formula is C14H20N2O3. The molecule has 2 aliphatic heterocycles. The molecule has 0 aromatic carbocycles. The largest absolute Gasteiger partial charge is 0.475 e. The Bertz CT molecular complexity index is 457. The molecule has 0 aliphatic carbocycles. The van der Waals surface area contributed by atoms with Crippen molar-refractivity contribution in [2.75, 3.05) is 12.4 Å². The number of carboxylic acids is 1. The average molecular weight is 264 g/mol. The number of fused-ring (bicyclic) bond motifs is 2. The molecule has 2 N–H and O–H groups in total. The molecule has 2 aliphatic rings. The molecule has 3 rings (SSSR count). The third-order valence-electron chi connectivity index (χ3n) is 4.50. The van der Waals surface area contributed by atoms with Crippen LogP contribution in [-0.2, 0) is 0 Å². The standard InChI is InChI=1S/C14H20N2O3/c1-16-10-3-2-4-11(16)8-9(7-10)15-13-6-5-12(19-13)14(17)18/h5-6,9-11,15H,2-4,7-8H2,1H3,(H,17,18). The number of hydrogen-bond acceptors (Lipinski definition) is 4. The molecule has 3 heterocycles. The Morgan fingerprint density at radius 2 is 2.05 bits per heavy atom. The summed E-state index contributed by atoms with van der Waals surface area (Å²) in [6.07, 6.45) is 6.08. The summed E-state index contributed by atoms with van der Waals surface area (Å²) in [7, 11) is 2.22. The van der Waals surface area contributed by atoms with E-state index in [0.717, 1.165) is 12.8 Å². The van der Waals surface area contributed by atoms with E-state index in [4.69, 9.17) is 9.52 Å². The van der Waals surface area contributed by atoms with Crippen molar-refractivity contribution < 1.29 is 14.3 Å². The predicted molar refractivity (Wildman–Crippen MR) is 71.5 cm³/mol. The SMILES string of the molecule is CN1C2CCCC1CC(Nc1ccc(C(=O)O)o1)C2. The van der Waals surface area contributed by atoms with Crippen molar-refractivity contribution in [1.82, 2.24) is 4.90 Å². The minimum absolute atomic E-state index is 0.00405. The zero-order valence-electron chi connectivity index (χ0n) is 11.1. The fourth-order valence-electron chi connectivity index (χ4n) is 3.47. The summed E-state index contributed by atoms with van der Waals surface area (Å²) >= 11 is 0. The van der Waals surface area contributed by atoms with Crippen LogP contribution in [-0.4, -0.2) is 41.1 Å². The van der Waals surface area contributed by atoms with Gasteiger partial charge in [-0.2, -0.15) is 0 Å². The molecule has 5 heteroatoms. The van der Waals surface area contributed by atoms with Gasteiger partial charge in [0.1, 0.15) is 0 Å². The second kappa shape index (κ2) is 4.89. The number of nitrogens with one attached hydrogen (secondary N) is 1. The number of furan rings is 1. The molecule has 2 saturated heterocycles. The molecular weight excluding hydrogens is 244 g/mol. The maximum Gasteiger partial charge on any atom is 0.371 e. The van der Waals surface area contributed by atoms with Gasteiger partial charge in [0.25, 0.3) is 0 Å².